The van der Waals surface area contributed by atoms with Gasteiger partial charge in [-0.25, -0.2) is 4.79 Å². The molecule has 1 rings (SSSR count). The Balaban J connectivity index is 2.54. The van der Waals surface area contributed by atoms with Crippen LogP contribution in [0.15, 0.2) is 0 Å². The van der Waals surface area contributed by atoms with Gasteiger partial charge in [-0.2, -0.15) is 0 Å². The first-order valence-electron chi connectivity index (χ1n) is 4.74. The molecule has 0 amide bonds. The predicted octanol–water partition coefficient (Wildman–Crippen LogP) is 0.796. The summed E-state index contributed by atoms with van der Waals surface area (Å²) >= 11 is 0. The molecule has 0 saturated heterocycles. The number of quaternary nitrogens is 1. The van der Waals surface area contributed by atoms with E-state index in [0.29, 0.717) is 0 Å². The fraction of sp³-hybridized carbons (Fsp3) is 0.889. The van der Waals surface area contributed by atoms with E-state index in [2.05, 4.69) is 5.73 Å². The van der Waals surface area contributed by atoms with Gasteiger partial charge in [0.2, 0.25) is 0 Å². The molecule has 1 aliphatic rings. The molecule has 3 heteroatoms. The fourth-order valence-corrected chi connectivity index (χ4v) is 1.80. The maximum absolute atomic E-state index is 10.9. The van der Waals surface area contributed by atoms with Gasteiger partial charge in [-0.15, -0.1) is 0 Å². The molecule has 0 bridgehead atoms. The van der Waals surface area contributed by atoms with Crippen LogP contribution in [0.1, 0.15) is 44.9 Å². The van der Waals surface area contributed by atoms with Crippen molar-refractivity contribution in [3.05, 3.63) is 0 Å². The summed E-state index contributed by atoms with van der Waals surface area (Å²) in [4.78, 5) is 10.9. The van der Waals surface area contributed by atoms with E-state index in [9.17, 15) is 4.79 Å². The van der Waals surface area contributed by atoms with Crippen LogP contribution in [-0.4, -0.2) is 16.6 Å². The second-order valence-corrected chi connectivity index (χ2v) is 3.85. The number of rotatable bonds is 1. The van der Waals surface area contributed by atoms with E-state index in [0.717, 1.165) is 25.7 Å². The first-order chi connectivity index (χ1) is 5.65. The van der Waals surface area contributed by atoms with Gasteiger partial charge in [0.15, 0.2) is 5.54 Å². The molecule has 1 saturated carbocycles. The molecule has 4 N–H and O–H groups in total. The minimum atomic E-state index is -0.718. The Morgan fingerprint density at radius 3 is 1.92 bits per heavy atom. The summed E-state index contributed by atoms with van der Waals surface area (Å²) in [5.41, 5.74) is 3.15. The van der Waals surface area contributed by atoms with E-state index in [1.807, 2.05) is 0 Å². The highest BCUT2D eigenvalue weighted by molar-refractivity contribution is 5.76. The molecule has 0 unspecified atom stereocenters. The molecule has 0 heterocycles. The van der Waals surface area contributed by atoms with E-state index in [4.69, 9.17) is 5.11 Å². The summed E-state index contributed by atoms with van der Waals surface area (Å²) in [5.74, 6) is -0.718. The van der Waals surface area contributed by atoms with Crippen LogP contribution in [0.2, 0.25) is 0 Å². The number of hydrogen-bond donors (Lipinski definition) is 2. The molecular weight excluding hydrogens is 154 g/mol. The second-order valence-electron chi connectivity index (χ2n) is 3.85. The van der Waals surface area contributed by atoms with Crippen LogP contribution in [-0.2, 0) is 4.79 Å². The molecule has 1 aliphatic carbocycles. The molecule has 0 radical (unpaired) electrons. The van der Waals surface area contributed by atoms with Gasteiger partial charge in [0.05, 0.1) is 0 Å². The minimum absolute atomic E-state index is 0.680. The van der Waals surface area contributed by atoms with E-state index >= 15 is 0 Å². The lowest BCUT2D eigenvalue weighted by atomic mass is 9.85. The van der Waals surface area contributed by atoms with E-state index in [-0.39, 0.29) is 0 Å². The number of carbonyl (C=O) groups is 1. The SMILES string of the molecule is [NH3+]C1(C(=O)O)CCCCCCC1. The summed E-state index contributed by atoms with van der Waals surface area (Å²) in [5, 5.41) is 8.95. The largest absolute Gasteiger partial charge is 0.477 e. The zero-order valence-corrected chi connectivity index (χ0v) is 7.51. The van der Waals surface area contributed by atoms with Crippen molar-refractivity contribution in [2.24, 2.45) is 0 Å². The van der Waals surface area contributed by atoms with Gasteiger partial charge >= 0.3 is 5.97 Å². The third-order valence-electron chi connectivity index (χ3n) is 2.76. The fourth-order valence-electron chi connectivity index (χ4n) is 1.80. The van der Waals surface area contributed by atoms with Gasteiger partial charge in [0, 0.05) is 12.8 Å². The van der Waals surface area contributed by atoms with Crippen molar-refractivity contribution >= 4 is 5.97 Å². The summed E-state index contributed by atoms with van der Waals surface area (Å²) in [6, 6.07) is 0. The van der Waals surface area contributed by atoms with Gasteiger partial charge in [0.1, 0.15) is 0 Å². The van der Waals surface area contributed by atoms with Gasteiger partial charge in [-0.3, -0.25) is 0 Å². The number of carboxylic acid groups (broad SMARTS) is 1. The molecule has 3 nitrogen and oxygen atoms in total. The van der Waals surface area contributed by atoms with Crippen LogP contribution in [0.5, 0.6) is 0 Å². The Bertz CT molecular complexity index is 160. The Morgan fingerprint density at radius 2 is 1.50 bits per heavy atom. The average molecular weight is 172 g/mol. The molecule has 0 aliphatic heterocycles. The number of hydrogen-bond acceptors (Lipinski definition) is 1. The second kappa shape index (κ2) is 3.90. The summed E-state index contributed by atoms with van der Waals surface area (Å²) < 4.78 is 0. The van der Waals surface area contributed by atoms with Crippen LogP contribution in [0.25, 0.3) is 0 Å². The van der Waals surface area contributed by atoms with E-state index in [1.165, 1.54) is 19.3 Å². The molecule has 0 aromatic carbocycles. The first-order valence-corrected chi connectivity index (χ1v) is 4.74. The van der Waals surface area contributed by atoms with E-state index in [1.54, 1.807) is 0 Å². The standard InChI is InChI=1S/C9H17NO2/c10-9(8(11)12)6-4-2-1-3-5-7-9/h1-7,10H2,(H,11,12)/p+1. The summed E-state index contributed by atoms with van der Waals surface area (Å²) in [6.07, 6.45) is 7.15. The smallest absolute Gasteiger partial charge is 0.365 e. The van der Waals surface area contributed by atoms with Crippen LogP contribution in [0.3, 0.4) is 0 Å². The molecular formula is C9H18NO2+. The normalized spacial score (nSPS) is 24.1. The van der Waals surface area contributed by atoms with Crippen molar-refractivity contribution in [3.63, 3.8) is 0 Å². The van der Waals surface area contributed by atoms with Gasteiger partial charge in [-0.05, 0) is 12.8 Å². The lowest BCUT2D eigenvalue weighted by molar-refractivity contribution is -0.466. The number of carboxylic acids is 1. The van der Waals surface area contributed by atoms with Crippen LogP contribution < -0.4 is 5.73 Å². The molecule has 0 aromatic heterocycles. The Labute approximate surface area is 72.9 Å². The van der Waals surface area contributed by atoms with Crippen molar-refractivity contribution in [3.8, 4) is 0 Å². The zero-order chi connectivity index (χ0) is 9.03. The van der Waals surface area contributed by atoms with Crippen molar-refractivity contribution in [1.29, 1.82) is 0 Å². The van der Waals surface area contributed by atoms with Crippen LogP contribution in [0, 0.1) is 0 Å². The molecule has 0 atom stereocenters. The Hall–Kier alpha value is -0.570. The van der Waals surface area contributed by atoms with Crippen molar-refractivity contribution < 1.29 is 15.6 Å². The molecule has 70 valence electrons. The van der Waals surface area contributed by atoms with Gasteiger partial charge in [0.25, 0.3) is 0 Å². The van der Waals surface area contributed by atoms with Crippen molar-refractivity contribution in [2.75, 3.05) is 0 Å². The van der Waals surface area contributed by atoms with Gasteiger partial charge in [-0.1, -0.05) is 19.3 Å². The zero-order valence-electron chi connectivity index (χ0n) is 7.51. The highest BCUT2D eigenvalue weighted by Gasteiger charge is 2.37. The Morgan fingerprint density at radius 1 is 1.08 bits per heavy atom. The van der Waals surface area contributed by atoms with Crippen LogP contribution >= 0.6 is 0 Å². The lowest BCUT2D eigenvalue weighted by Gasteiger charge is -2.22. The van der Waals surface area contributed by atoms with Crippen molar-refractivity contribution in [1.82, 2.24) is 0 Å². The highest BCUT2D eigenvalue weighted by Crippen LogP contribution is 2.22. The quantitative estimate of drug-likeness (QED) is 0.614. The average Bonchev–Trinajstić information content (AvgIpc) is 1.97. The number of aliphatic carboxylic acids is 1. The third kappa shape index (κ3) is 2.21. The minimum Gasteiger partial charge on any atom is -0.477 e. The predicted molar refractivity (Wildman–Crippen MR) is 45.6 cm³/mol. The molecule has 12 heavy (non-hydrogen) atoms. The Kier molecular flexibility index (Phi) is 3.09. The molecule has 0 aromatic rings. The monoisotopic (exact) mass is 172 g/mol. The lowest BCUT2D eigenvalue weighted by Crippen LogP contribution is -2.76. The maximum Gasteiger partial charge on any atom is 0.365 e. The topological polar surface area (TPSA) is 64.9 Å². The molecule has 1 fully saturated rings. The maximum atomic E-state index is 10.9. The summed E-state index contributed by atoms with van der Waals surface area (Å²) in [7, 11) is 0. The van der Waals surface area contributed by atoms with E-state index < -0.39 is 11.5 Å². The van der Waals surface area contributed by atoms with Crippen LogP contribution in [0.4, 0.5) is 0 Å². The highest BCUT2D eigenvalue weighted by atomic mass is 16.4. The van der Waals surface area contributed by atoms with Gasteiger partial charge < -0.3 is 10.8 Å². The van der Waals surface area contributed by atoms with Crippen molar-refractivity contribution in [2.45, 2.75) is 50.5 Å². The third-order valence-corrected chi connectivity index (χ3v) is 2.76. The summed E-state index contributed by atoms with van der Waals surface area (Å²) in [6.45, 7) is 0. The first kappa shape index (κ1) is 9.52. The molecule has 0 spiro atoms.